The zero-order chi connectivity index (χ0) is 30.8. The second-order valence-electron chi connectivity index (χ2n) is 11.3. The van der Waals surface area contributed by atoms with E-state index in [1.807, 2.05) is 67.7 Å². The molecule has 8 heteroatoms. The fraction of sp³-hybridized carbons (Fsp3) is 0.333. The fourth-order valence-electron chi connectivity index (χ4n) is 6.54. The summed E-state index contributed by atoms with van der Waals surface area (Å²) in [5.74, 6) is 1.78. The van der Waals surface area contributed by atoms with Gasteiger partial charge in [-0.15, -0.1) is 0 Å². The number of hydrogen-bond donors (Lipinski definition) is 0. The predicted octanol–water partition coefficient (Wildman–Crippen LogP) is 7.56. The second kappa shape index (κ2) is 12.8. The van der Waals surface area contributed by atoms with Gasteiger partial charge in [-0.1, -0.05) is 48.0 Å². The van der Waals surface area contributed by atoms with Gasteiger partial charge in [0.15, 0.2) is 34.6 Å². The third-order valence-electron chi connectivity index (χ3n) is 8.68. The van der Waals surface area contributed by atoms with E-state index in [-0.39, 0.29) is 18.2 Å². The van der Waals surface area contributed by atoms with Crippen LogP contribution in [0.15, 0.2) is 83.2 Å². The number of methoxy groups -OCH3 is 2. The van der Waals surface area contributed by atoms with E-state index in [4.69, 9.17) is 30.5 Å². The van der Waals surface area contributed by atoms with Gasteiger partial charge in [0.05, 0.1) is 19.2 Å². The lowest BCUT2D eigenvalue weighted by Crippen LogP contribution is -2.37. The third-order valence-corrected chi connectivity index (χ3v) is 8.96. The molecule has 0 aromatic heterocycles. The van der Waals surface area contributed by atoms with Crippen LogP contribution in [0.1, 0.15) is 61.1 Å². The summed E-state index contributed by atoms with van der Waals surface area (Å²) in [6.07, 6.45) is 4.20. The second-order valence-corrected chi connectivity index (χ2v) is 11.8. The van der Waals surface area contributed by atoms with E-state index in [2.05, 4.69) is 4.90 Å². The maximum Gasteiger partial charge on any atom is 0.180 e. The van der Waals surface area contributed by atoms with E-state index >= 15 is 0 Å². The standard InChI is InChI=1S/C36H36ClNO6/c1-38-26-11-7-13-28(39)34(26)33(35-27(38)12-8-14-29(35)40)24-18-25(37)36(32(19-24)42-3)44-21-23-15-16-30(31(17-23)41-2)43-20-22-9-5-4-6-10-22/h4-6,9-10,15-19,33H,7-8,11-14,20-21H2,1-3H3. The number of rotatable bonds is 9. The van der Waals surface area contributed by atoms with Crippen LogP contribution in [0, 0.1) is 0 Å². The largest absolute Gasteiger partial charge is 0.493 e. The predicted molar refractivity (Wildman–Crippen MR) is 168 cm³/mol. The molecule has 0 N–H and O–H groups in total. The number of carbonyl (C=O) groups excluding carboxylic acids is 2. The molecule has 0 unspecified atom stereocenters. The molecule has 0 saturated heterocycles. The Labute approximate surface area is 263 Å². The Kier molecular flexibility index (Phi) is 8.67. The molecule has 1 heterocycles. The average Bonchev–Trinajstić information content (AvgIpc) is 3.04. The van der Waals surface area contributed by atoms with Gasteiger partial charge < -0.3 is 23.8 Å². The number of Topliss-reactive ketones (excluding diaryl/α,β-unsaturated/α-hetero) is 2. The Morgan fingerprint density at radius 2 is 1.36 bits per heavy atom. The summed E-state index contributed by atoms with van der Waals surface area (Å²) in [5.41, 5.74) is 6.13. The summed E-state index contributed by atoms with van der Waals surface area (Å²) in [6, 6.07) is 19.3. The van der Waals surface area contributed by atoms with E-state index in [1.54, 1.807) is 14.2 Å². The summed E-state index contributed by atoms with van der Waals surface area (Å²) in [6.45, 7) is 0.637. The summed E-state index contributed by atoms with van der Waals surface area (Å²) in [5, 5.41) is 0.351. The molecule has 0 saturated carbocycles. The van der Waals surface area contributed by atoms with Crippen molar-refractivity contribution in [2.75, 3.05) is 21.3 Å². The van der Waals surface area contributed by atoms with Crippen molar-refractivity contribution in [1.82, 2.24) is 4.90 Å². The first kappa shape index (κ1) is 29.8. The summed E-state index contributed by atoms with van der Waals surface area (Å²) in [4.78, 5) is 28.8. The highest BCUT2D eigenvalue weighted by Gasteiger charge is 2.42. The number of hydrogen-bond acceptors (Lipinski definition) is 7. The quantitative estimate of drug-likeness (QED) is 0.247. The number of ketones is 2. The van der Waals surface area contributed by atoms with Gasteiger partial charge in [-0.3, -0.25) is 9.59 Å². The van der Waals surface area contributed by atoms with Crippen molar-refractivity contribution in [2.45, 2.75) is 57.7 Å². The molecular weight excluding hydrogens is 578 g/mol. The number of nitrogens with zero attached hydrogens (tertiary/aromatic N) is 1. The van der Waals surface area contributed by atoms with Crippen molar-refractivity contribution >= 4 is 23.2 Å². The highest BCUT2D eigenvalue weighted by Crippen LogP contribution is 2.50. The van der Waals surface area contributed by atoms with Crippen LogP contribution in [0.25, 0.3) is 0 Å². The topological polar surface area (TPSA) is 74.3 Å². The van der Waals surface area contributed by atoms with Crippen LogP contribution in [-0.2, 0) is 22.8 Å². The van der Waals surface area contributed by atoms with Crippen LogP contribution in [0.3, 0.4) is 0 Å². The maximum atomic E-state index is 13.4. The summed E-state index contributed by atoms with van der Waals surface area (Å²) >= 11 is 6.87. The Bertz CT molecular complexity index is 1620. The minimum atomic E-state index is -0.468. The molecule has 0 radical (unpaired) electrons. The highest BCUT2D eigenvalue weighted by atomic mass is 35.5. The van der Waals surface area contributed by atoms with Crippen LogP contribution in [0.2, 0.25) is 5.02 Å². The SMILES string of the molecule is COc1cc(COc2c(Cl)cc(C3C4=C(CCCC4=O)N(C)C4=C3C(=O)CCC4)cc2OC)ccc1OCc1ccccc1. The Balaban J connectivity index is 1.27. The Hall–Kier alpha value is -4.23. The lowest BCUT2D eigenvalue weighted by molar-refractivity contribution is -0.117. The average molecular weight is 614 g/mol. The third kappa shape index (κ3) is 5.69. The zero-order valence-corrected chi connectivity index (χ0v) is 26.0. The molecule has 7 nitrogen and oxygen atoms in total. The van der Waals surface area contributed by atoms with E-state index in [9.17, 15) is 9.59 Å². The molecule has 3 aromatic carbocycles. The number of halogens is 1. The van der Waals surface area contributed by atoms with Gasteiger partial charge in [0.2, 0.25) is 0 Å². The number of benzene rings is 3. The molecule has 0 atom stereocenters. The molecule has 0 fully saturated rings. The molecule has 0 spiro atoms. The van der Waals surface area contributed by atoms with Gasteiger partial charge in [0.25, 0.3) is 0 Å². The van der Waals surface area contributed by atoms with Crippen molar-refractivity contribution in [1.29, 1.82) is 0 Å². The molecule has 6 rings (SSSR count). The maximum absolute atomic E-state index is 13.4. The molecule has 228 valence electrons. The van der Waals surface area contributed by atoms with Crippen LogP contribution < -0.4 is 18.9 Å². The first-order chi connectivity index (χ1) is 21.4. The van der Waals surface area contributed by atoms with E-state index < -0.39 is 5.92 Å². The first-order valence-electron chi connectivity index (χ1n) is 15.0. The molecule has 0 amide bonds. The van der Waals surface area contributed by atoms with Gasteiger partial charge in [-0.2, -0.15) is 0 Å². The van der Waals surface area contributed by atoms with Crippen LogP contribution >= 0.6 is 11.6 Å². The molecule has 3 aliphatic rings. The van der Waals surface area contributed by atoms with Crippen LogP contribution in [-0.4, -0.2) is 37.7 Å². The minimum Gasteiger partial charge on any atom is -0.493 e. The molecule has 2 aliphatic carbocycles. The van der Waals surface area contributed by atoms with Crippen molar-refractivity contribution in [2.24, 2.45) is 0 Å². The molecule has 1 aliphatic heterocycles. The van der Waals surface area contributed by atoms with E-state index in [1.165, 1.54) is 0 Å². The van der Waals surface area contributed by atoms with Crippen molar-refractivity contribution in [3.05, 3.63) is 105 Å². The summed E-state index contributed by atoms with van der Waals surface area (Å²) < 4.78 is 23.6. The number of allylic oxidation sites excluding steroid dienone is 4. The lowest BCUT2D eigenvalue weighted by atomic mass is 9.71. The monoisotopic (exact) mass is 613 g/mol. The smallest absolute Gasteiger partial charge is 0.180 e. The molecular formula is C36H36ClNO6. The van der Waals surface area contributed by atoms with Crippen LogP contribution in [0.5, 0.6) is 23.0 Å². The zero-order valence-electron chi connectivity index (χ0n) is 25.3. The fourth-order valence-corrected chi connectivity index (χ4v) is 6.82. The first-order valence-corrected chi connectivity index (χ1v) is 15.4. The molecule has 44 heavy (non-hydrogen) atoms. The Morgan fingerprint density at radius 3 is 2.00 bits per heavy atom. The normalized spacial score (nSPS) is 17.0. The molecule has 3 aromatic rings. The number of ether oxygens (including phenoxy) is 4. The van der Waals surface area contributed by atoms with Gasteiger partial charge >= 0.3 is 0 Å². The van der Waals surface area contributed by atoms with Gasteiger partial charge in [0.1, 0.15) is 13.2 Å². The van der Waals surface area contributed by atoms with Crippen molar-refractivity contribution < 1.29 is 28.5 Å². The number of carbonyl (C=O) groups is 2. The Morgan fingerprint density at radius 1 is 0.727 bits per heavy atom. The van der Waals surface area contributed by atoms with Gasteiger partial charge in [-0.05, 0) is 66.6 Å². The highest BCUT2D eigenvalue weighted by molar-refractivity contribution is 6.32. The van der Waals surface area contributed by atoms with E-state index in [0.29, 0.717) is 58.6 Å². The molecule has 0 bridgehead atoms. The lowest BCUT2D eigenvalue weighted by Gasteiger charge is -2.42. The van der Waals surface area contributed by atoms with Gasteiger partial charge in [-0.25, -0.2) is 0 Å². The van der Waals surface area contributed by atoms with Crippen molar-refractivity contribution in [3.8, 4) is 23.0 Å². The van der Waals surface area contributed by atoms with Crippen LogP contribution in [0.4, 0.5) is 0 Å². The van der Waals surface area contributed by atoms with Crippen molar-refractivity contribution in [3.63, 3.8) is 0 Å². The van der Waals surface area contributed by atoms with E-state index in [0.717, 1.165) is 53.8 Å². The summed E-state index contributed by atoms with van der Waals surface area (Å²) in [7, 11) is 5.15. The van der Waals surface area contributed by atoms with Gasteiger partial charge in [0, 0.05) is 48.3 Å². The minimum absolute atomic E-state index is 0.0913.